The minimum absolute atomic E-state index is 0.683. The summed E-state index contributed by atoms with van der Waals surface area (Å²) in [6.45, 7) is 4.80. The molecular weight excluding hydrogens is 322 g/mol. The number of nitrogens with one attached hydrogen (secondary N) is 1. The van der Waals surface area contributed by atoms with Crippen LogP contribution < -0.4 is 5.32 Å². The second-order valence-corrected chi connectivity index (χ2v) is 8.23. The largest absolute Gasteiger partial charge is 0.311 e. The summed E-state index contributed by atoms with van der Waals surface area (Å²) in [7, 11) is 0. The van der Waals surface area contributed by atoms with Gasteiger partial charge in [0.15, 0.2) is 0 Å². The Morgan fingerprint density at radius 2 is 1.90 bits per heavy atom. The molecule has 1 aromatic carbocycles. The summed E-state index contributed by atoms with van der Waals surface area (Å²) in [5, 5.41) is 4.03. The van der Waals surface area contributed by atoms with Gasteiger partial charge >= 0.3 is 0 Å². The molecule has 0 heterocycles. The number of hydrogen-bond acceptors (Lipinski definition) is 1. The molecule has 1 saturated carbocycles. The highest BCUT2D eigenvalue weighted by atomic mass is 79.9. The Balaban J connectivity index is 1.64. The highest BCUT2D eigenvalue weighted by Crippen LogP contribution is 2.32. The van der Waals surface area contributed by atoms with E-state index in [1.807, 2.05) is 0 Å². The predicted molar refractivity (Wildman–Crippen MR) is 93.7 cm³/mol. The molecule has 3 rings (SSSR count). The van der Waals surface area contributed by atoms with Crippen LogP contribution >= 0.6 is 15.9 Å². The van der Waals surface area contributed by atoms with Crippen molar-refractivity contribution in [1.82, 2.24) is 5.32 Å². The van der Waals surface area contributed by atoms with E-state index in [0.717, 1.165) is 17.9 Å². The minimum atomic E-state index is 0.683. The van der Waals surface area contributed by atoms with Gasteiger partial charge in [-0.1, -0.05) is 48.7 Å². The molecule has 1 fully saturated rings. The summed E-state index contributed by atoms with van der Waals surface area (Å²) in [6.07, 6.45) is 9.39. The number of aryl methyl sites for hydroxylation is 1. The van der Waals surface area contributed by atoms with Gasteiger partial charge in [-0.3, -0.25) is 0 Å². The summed E-state index contributed by atoms with van der Waals surface area (Å²) < 4.78 is 1.22. The summed E-state index contributed by atoms with van der Waals surface area (Å²) in [6, 6.07) is 8.25. The van der Waals surface area contributed by atoms with Crippen molar-refractivity contribution >= 4 is 15.9 Å². The van der Waals surface area contributed by atoms with Crippen molar-refractivity contribution in [2.24, 2.45) is 11.8 Å². The molecule has 0 radical (unpaired) electrons. The highest BCUT2D eigenvalue weighted by molar-refractivity contribution is 9.10. The van der Waals surface area contributed by atoms with Crippen LogP contribution in [0.15, 0.2) is 22.7 Å². The maximum absolute atomic E-state index is 4.03. The Labute approximate surface area is 138 Å². The Bertz CT molecular complexity index is 482. The van der Waals surface area contributed by atoms with Crippen molar-refractivity contribution in [1.29, 1.82) is 0 Å². The third-order valence-corrected chi connectivity index (χ3v) is 6.02. The van der Waals surface area contributed by atoms with Crippen LogP contribution in [0.1, 0.15) is 57.1 Å². The molecule has 0 saturated heterocycles. The standard InChI is InChI=1S/C19H28BrN/c1-13(2)18-5-3-4-6-19(18)21-17-10-8-14-11-16(20)9-7-15(14)12-17/h7,9,11,13,17-19,21H,3-6,8,10,12H2,1-2H3. The molecule has 21 heavy (non-hydrogen) atoms. The SMILES string of the molecule is CC(C)C1CCCCC1NC1CCc2cc(Br)ccc2C1. The van der Waals surface area contributed by atoms with Crippen molar-refractivity contribution in [3.05, 3.63) is 33.8 Å². The molecule has 0 bridgehead atoms. The molecule has 2 aliphatic carbocycles. The first-order valence-corrected chi connectivity index (χ1v) is 9.46. The van der Waals surface area contributed by atoms with Gasteiger partial charge in [0.05, 0.1) is 0 Å². The van der Waals surface area contributed by atoms with Gasteiger partial charge in [-0.15, -0.1) is 0 Å². The quantitative estimate of drug-likeness (QED) is 0.799. The average molecular weight is 350 g/mol. The number of rotatable bonds is 3. The van der Waals surface area contributed by atoms with E-state index in [0.29, 0.717) is 6.04 Å². The maximum atomic E-state index is 4.03. The van der Waals surface area contributed by atoms with E-state index in [-0.39, 0.29) is 0 Å². The fourth-order valence-electron chi connectivity index (χ4n) is 4.33. The molecule has 1 nitrogen and oxygen atoms in total. The number of benzene rings is 1. The van der Waals surface area contributed by atoms with Crippen LogP contribution in [0.25, 0.3) is 0 Å². The first-order chi connectivity index (χ1) is 10.1. The number of halogens is 1. The highest BCUT2D eigenvalue weighted by Gasteiger charge is 2.30. The molecule has 116 valence electrons. The van der Waals surface area contributed by atoms with Gasteiger partial charge in [-0.05, 0) is 67.2 Å². The normalized spacial score (nSPS) is 29.4. The first-order valence-electron chi connectivity index (χ1n) is 8.67. The summed E-state index contributed by atoms with van der Waals surface area (Å²) in [4.78, 5) is 0. The van der Waals surface area contributed by atoms with E-state index in [2.05, 4.69) is 53.3 Å². The van der Waals surface area contributed by atoms with Crippen LogP contribution in [0, 0.1) is 11.8 Å². The molecule has 2 heteroatoms. The van der Waals surface area contributed by atoms with E-state index in [1.54, 1.807) is 11.1 Å². The minimum Gasteiger partial charge on any atom is -0.311 e. The number of fused-ring (bicyclic) bond motifs is 1. The lowest BCUT2D eigenvalue weighted by molar-refractivity contribution is 0.187. The molecular formula is C19H28BrN. The third kappa shape index (κ3) is 3.71. The van der Waals surface area contributed by atoms with Crippen LogP contribution in [0.2, 0.25) is 0 Å². The molecule has 1 aromatic rings. The molecule has 0 aromatic heterocycles. The number of hydrogen-bond donors (Lipinski definition) is 1. The third-order valence-electron chi connectivity index (χ3n) is 5.52. The van der Waals surface area contributed by atoms with Gasteiger partial charge in [0.2, 0.25) is 0 Å². The second-order valence-electron chi connectivity index (χ2n) is 7.32. The molecule has 2 aliphatic rings. The Hall–Kier alpha value is -0.340. The van der Waals surface area contributed by atoms with Crippen LogP contribution in [0.4, 0.5) is 0 Å². The van der Waals surface area contributed by atoms with Gasteiger partial charge < -0.3 is 5.32 Å². The Morgan fingerprint density at radius 3 is 2.71 bits per heavy atom. The van der Waals surface area contributed by atoms with E-state index < -0.39 is 0 Å². The zero-order chi connectivity index (χ0) is 14.8. The first kappa shape index (κ1) is 15.6. The zero-order valence-electron chi connectivity index (χ0n) is 13.4. The molecule has 0 amide bonds. The van der Waals surface area contributed by atoms with Gasteiger partial charge in [0, 0.05) is 16.6 Å². The Kier molecular flexibility index (Phi) is 5.06. The van der Waals surface area contributed by atoms with Crippen molar-refractivity contribution < 1.29 is 0 Å². The molecule has 1 N–H and O–H groups in total. The fraction of sp³-hybridized carbons (Fsp3) is 0.684. The van der Waals surface area contributed by atoms with Gasteiger partial charge in [0.1, 0.15) is 0 Å². The summed E-state index contributed by atoms with van der Waals surface area (Å²) >= 11 is 3.59. The van der Waals surface area contributed by atoms with Crippen LogP contribution in [0.3, 0.4) is 0 Å². The van der Waals surface area contributed by atoms with Crippen molar-refractivity contribution in [3.8, 4) is 0 Å². The molecule has 3 atom stereocenters. The van der Waals surface area contributed by atoms with Gasteiger partial charge in [-0.2, -0.15) is 0 Å². The molecule has 3 unspecified atom stereocenters. The van der Waals surface area contributed by atoms with Crippen LogP contribution in [-0.2, 0) is 12.8 Å². The van der Waals surface area contributed by atoms with E-state index in [4.69, 9.17) is 0 Å². The topological polar surface area (TPSA) is 12.0 Å². The lowest BCUT2D eigenvalue weighted by Gasteiger charge is -2.38. The lowest BCUT2D eigenvalue weighted by Crippen LogP contribution is -2.47. The molecule has 0 spiro atoms. The van der Waals surface area contributed by atoms with E-state index in [9.17, 15) is 0 Å². The smallest absolute Gasteiger partial charge is 0.0178 e. The predicted octanol–water partition coefficient (Wildman–Crippen LogP) is 5.11. The summed E-state index contributed by atoms with van der Waals surface area (Å²) in [5.74, 6) is 1.69. The maximum Gasteiger partial charge on any atom is 0.0178 e. The summed E-state index contributed by atoms with van der Waals surface area (Å²) in [5.41, 5.74) is 3.10. The Morgan fingerprint density at radius 1 is 1.10 bits per heavy atom. The average Bonchev–Trinajstić information content (AvgIpc) is 2.48. The van der Waals surface area contributed by atoms with Crippen LogP contribution in [0.5, 0.6) is 0 Å². The van der Waals surface area contributed by atoms with Crippen LogP contribution in [-0.4, -0.2) is 12.1 Å². The lowest BCUT2D eigenvalue weighted by atomic mass is 9.77. The van der Waals surface area contributed by atoms with Crippen molar-refractivity contribution in [3.63, 3.8) is 0 Å². The van der Waals surface area contributed by atoms with Crippen molar-refractivity contribution in [2.45, 2.75) is 70.9 Å². The van der Waals surface area contributed by atoms with E-state index >= 15 is 0 Å². The van der Waals surface area contributed by atoms with Gasteiger partial charge in [0.25, 0.3) is 0 Å². The zero-order valence-corrected chi connectivity index (χ0v) is 15.0. The van der Waals surface area contributed by atoms with Crippen molar-refractivity contribution in [2.75, 3.05) is 0 Å². The molecule has 0 aliphatic heterocycles. The second kappa shape index (κ2) is 6.83. The fourth-order valence-corrected chi connectivity index (χ4v) is 4.74. The monoisotopic (exact) mass is 349 g/mol. The van der Waals surface area contributed by atoms with Gasteiger partial charge in [-0.25, -0.2) is 0 Å². The van der Waals surface area contributed by atoms with E-state index in [1.165, 1.54) is 49.4 Å².